The van der Waals surface area contributed by atoms with Crippen LogP contribution in [0.3, 0.4) is 0 Å². The Labute approximate surface area is 160 Å². The van der Waals surface area contributed by atoms with Crippen molar-refractivity contribution in [3.05, 3.63) is 88.2 Å². The van der Waals surface area contributed by atoms with Gasteiger partial charge in [0.05, 0.1) is 5.56 Å². The van der Waals surface area contributed by atoms with Crippen molar-refractivity contribution in [1.82, 2.24) is 4.98 Å². The number of carbonyl (C=O) groups is 2. The van der Waals surface area contributed by atoms with Gasteiger partial charge in [0, 0.05) is 27.6 Å². The SMILES string of the molecule is O=C(Nc1ccc(Cl)cc1)c1ccc(C(=O)Nc2ccc(Cl)cc2)nc1. The van der Waals surface area contributed by atoms with Crippen molar-refractivity contribution >= 4 is 46.4 Å². The molecule has 0 bridgehead atoms. The van der Waals surface area contributed by atoms with Gasteiger partial charge in [0.2, 0.25) is 0 Å². The molecule has 7 heteroatoms. The van der Waals surface area contributed by atoms with Crippen LogP contribution in [0.4, 0.5) is 11.4 Å². The number of nitrogens with one attached hydrogen (secondary N) is 2. The van der Waals surface area contributed by atoms with Crippen LogP contribution in [0.25, 0.3) is 0 Å². The Kier molecular flexibility index (Phi) is 5.51. The summed E-state index contributed by atoms with van der Waals surface area (Å²) in [5, 5.41) is 6.60. The van der Waals surface area contributed by atoms with E-state index in [1.54, 1.807) is 48.5 Å². The highest BCUT2D eigenvalue weighted by Crippen LogP contribution is 2.16. The van der Waals surface area contributed by atoms with E-state index in [0.29, 0.717) is 27.0 Å². The number of halogens is 2. The number of benzene rings is 2. The fraction of sp³-hybridized carbons (Fsp3) is 0. The highest BCUT2D eigenvalue weighted by Gasteiger charge is 2.11. The van der Waals surface area contributed by atoms with Crippen LogP contribution in [0, 0.1) is 0 Å². The quantitative estimate of drug-likeness (QED) is 0.671. The third kappa shape index (κ3) is 4.59. The first-order valence-corrected chi connectivity index (χ1v) is 8.37. The van der Waals surface area contributed by atoms with Gasteiger partial charge in [-0.1, -0.05) is 23.2 Å². The van der Waals surface area contributed by atoms with Crippen LogP contribution in [0.1, 0.15) is 20.8 Å². The van der Waals surface area contributed by atoms with Crippen molar-refractivity contribution < 1.29 is 9.59 Å². The Morgan fingerprint density at radius 1 is 0.692 bits per heavy atom. The van der Waals surface area contributed by atoms with E-state index >= 15 is 0 Å². The molecule has 0 radical (unpaired) electrons. The summed E-state index contributed by atoms with van der Waals surface area (Å²) in [5.41, 5.74) is 1.75. The van der Waals surface area contributed by atoms with Crippen LogP contribution in [0.15, 0.2) is 66.9 Å². The summed E-state index contributed by atoms with van der Waals surface area (Å²) in [7, 11) is 0. The van der Waals surface area contributed by atoms with Crippen molar-refractivity contribution in [3.63, 3.8) is 0 Å². The lowest BCUT2D eigenvalue weighted by atomic mass is 10.2. The van der Waals surface area contributed by atoms with Crippen molar-refractivity contribution in [2.75, 3.05) is 10.6 Å². The first kappa shape index (κ1) is 17.9. The van der Waals surface area contributed by atoms with E-state index in [9.17, 15) is 9.59 Å². The van der Waals surface area contributed by atoms with E-state index < -0.39 is 0 Å². The molecule has 3 rings (SSSR count). The number of pyridine rings is 1. The summed E-state index contributed by atoms with van der Waals surface area (Å²) < 4.78 is 0. The van der Waals surface area contributed by atoms with Crippen molar-refractivity contribution in [3.8, 4) is 0 Å². The molecule has 0 unspecified atom stereocenters. The van der Waals surface area contributed by atoms with E-state index in [1.807, 2.05) is 0 Å². The molecule has 0 saturated carbocycles. The molecular weight excluding hydrogens is 373 g/mol. The normalized spacial score (nSPS) is 10.2. The summed E-state index contributed by atoms with van der Waals surface area (Å²) in [6.45, 7) is 0. The first-order chi connectivity index (χ1) is 12.5. The highest BCUT2D eigenvalue weighted by atomic mass is 35.5. The average Bonchev–Trinajstić information content (AvgIpc) is 2.65. The Balaban J connectivity index is 1.65. The molecule has 0 saturated heterocycles. The molecule has 3 aromatic rings. The summed E-state index contributed by atoms with van der Waals surface area (Å²) in [6, 6.07) is 16.5. The zero-order valence-electron chi connectivity index (χ0n) is 13.4. The Bertz CT molecular complexity index is 846. The molecule has 1 heterocycles. The van der Waals surface area contributed by atoms with Crippen LogP contribution in [-0.4, -0.2) is 16.8 Å². The summed E-state index contributed by atoms with van der Waals surface area (Å²) in [4.78, 5) is 28.4. The number of nitrogens with zero attached hydrogens (tertiary/aromatic N) is 1. The zero-order valence-corrected chi connectivity index (χ0v) is 14.9. The zero-order chi connectivity index (χ0) is 18.5. The summed E-state index contributed by atoms with van der Waals surface area (Å²) in [6.07, 6.45) is 1.35. The number of anilines is 2. The summed E-state index contributed by atoms with van der Waals surface area (Å²) in [5.74, 6) is -0.707. The van der Waals surface area contributed by atoms with Crippen molar-refractivity contribution in [2.24, 2.45) is 0 Å². The van der Waals surface area contributed by atoms with Crippen LogP contribution < -0.4 is 10.6 Å². The molecule has 1 aromatic heterocycles. The van der Waals surface area contributed by atoms with E-state index in [1.165, 1.54) is 18.3 Å². The first-order valence-electron chi connectivity index (χ1n) is 7.61. The minimum atomic E-state index is -0.378. The maximum absolute atomic E-state index is 12.2. The number of hydrogen-bond acceptors (Lipinski definition) is 3. The topological polar surface area (TPSA) is 71.1 Å². The number of rotatable bonds is 4. The standard InChI is InChI=1S/C19H13Cl2N3O2/c20-13-2-6-15(7-3-13)23-18(25)12-1-10-17(22-11-12)19(26)24-16-8-4-14(21)5-9-16/h1-11H,(H,23,25)(H,24,26). The van der Waals surface area contributed by atoms with Gasteiger partial charge in [0.1, 0.15) is 5.69 Å². The third-order valence-electron chi connectivity index (χ3n) is 3.46. The second-order valence-electron chi connectivity index (χ2n) is 5.35. The predicted molar refractivity (Wildman–Crippen MR) is 103 cm³/mol. The number of aromatic nitrogens is 1. The predicted octanol–water partition coefficient (Wildman–Crippen LogP) is 4.89. The molecule has 0 aliphatic heterocycles. The van der Waals surface area contributed by atoms with Gasteiger partial charge >= 0.3 is 0 Å². The number of hydrogen-bond donors (Lipinski definition) is 2. The van der Waals surface area contributed by atoms with Crippen LogP contribution in [0.5, 0.6) is 0 Å². The number of amides is 2. The second kappa shape index (κ2) is 7.99. The Hall–Kier alpha value is -2.89. The molecule has 2 amide bonds. The molecule has 0 fully saturated rings. The molecule has 2 N–H and O–H groups in total. The molecule has 0 spiro atoms. The van der Waals surface area contributed by atoms with Gasteiger partial charge in [-0.2, -0.15) is 0 Å². The lowest BCUT2D eigenvalue weighted by Gasteiger charge is -2.07. The van der Waals surface area contributed by atoms with Gasteiger partial charge in [-0.05, 0) is 60.7 Å². The van der Waals surface area contributed by atoms with Gasteiger partial charge < -0.3 is 10.6 Å². The average molecular weight is 386 g/mol. The van der Waals surface area contributed by atoms with Crippen LogP contribution >= 0.6 is 23.2 Å². The van der Waals surface area contributed by atoms with Crippen molar-refractivity contribution in [2.45, 2.75) is 0 Å². The van der Waals surface area contributed by atoms with E-state index in [2.05, 4.69) is 15.6 Å². The second-order valence-corrected chi connectivity index (χ2v) is 6.23. The molecule has 0 aliphatic rings. The van der Waals surface area contributed by atoms with Gasteiger partial charge in [-0.3, -0.25) is 14.6 Å². The summed E-state index contributed by atoms with van der Waals surface area (Å²) >= 11 is 11.6. The smallest absolute Gasteiger partial charge is 0.274 e. The largest absolute Gasteiger partial charge is 0.322 e. The molecule has 5 nitrogen and oxygen atoms in total. The van der Waals surface area contributed by atoms with Gasteiger partial charge in [-0.25, -0.2) is 0 Å². The molecule has 26 heavy (non-hydrogen) atoms. The molecule has 0 aliphatic carbocycles. The minimum Gasteiger partial charge on any atom is -0.322 e. The molecule has 0 atom stereocenters. The molecule has 130 valence electrons. The minimum absolute atomic E-state index is 0.197. The Morgan fingerprint density at radius 3 is 1.65 bits per heavy atom. The lowest BCUT2D eigenvalue weighted by Crippen LogP contribution is -2.16. The van der Waals surface area contributed by atoms with E-state index in [0.717, 1.165) is 0 Å². The molecule has 2 aromatic carbocycles. The van der Waals surface area contributed by atoms with Gasteiger partial charge in [0.25, 0.3) is 11.8 Å². The van der Waals surface area contributed by atoms with Crippen LogP contribution in [0.2, 0.25) is 10.0 Å². The fourth-order valence-corrected chi connectivity index (χ4v) is 2.38. The van der Waals surface area contributed by atoms with Crippen LogP contribution in [-0.2, 0) is 0 Å². The number of carbonyl (C=O) groups excluding carboxylic acids is 2. The van der Waals surface area contributed by atoms with Gasteiger partial charge in [0.15, 0.2) is 0 Å². The third-order valence-corrected chi connectivity index (χ3v) is 3.97. The fourth-order valence-electron chi connectivity index (χ4n) is 2.13. The molecular formula is C19H13Cl2N3O2. The Morgan fingerprint density at radius 2 is 1.19 bits per heavy atom. The highest BCUT2D eigenvalue weighted by molar-refractivity contribution is 6.31. The maximum atomic E-state index is 12.2. The van der Waals surface area contributed by atoms with Crippen molar-refractivity contribution in [1.29, 1.82) is 0 Å². The lowest BCUT2D eigenvalue weighted by molar-refractivity contribution is 0.101. The van der Waals surface area contributed by atoms with E-state index in [4.69, 9.17) is 23.2 Å². The van der Waals surface area contributed by atoms with E-state index in [-0.39, 0.29) is 17.5 Å². The van der Waals surface area contributed by atoms with Gasteiger partial charge in [-0.15, -0.1) is 0 Å². The maximum Gasteiger partial charge on any atom is 0.274 e. The monoisotopic (exact) mass is 385 g/mol.